The number of anilines is 2. The number of hydrogen-bond acceptors (Lipinski definition) is 3. The number of halogens is 1. The van der Waals surface area contributed by atoms with E-state index in [0.29, 0.717) is 0 Å². The van der Waals surface area contributed by atoms with Gasteiger partial charge in [0.25, 0.3) is 0 Å². The topological polar surface area (TPSA) is 33.3 Å². The Balaban J connectivity index is 0.000000204. The highest BCUT2D eigenvalue weighted by Crippen LogP contribution is 2.19. The molecule has 0 heterocycles. The molecule has 2 rings (SSSR count). The summed E-state index contributed by atoms with van der Waals surface area (Å²) in [6, 6.07) is 12.9. The summed E-state index contributed by atoms with van der Waals surface area (Å²) in [6.45, 7) is 2.09. The van der Waals surface area contributed by atoms with Gasteiger partial charge >= 0.3 is 0 Å². The number of hydrogen-bond donors (Lipinski definition) is 2. The fraction of sp³-hybridized carbons (Fsp3) is 0.250. The molecule has 0 aliphatic heterocycles. The molecule has 108 valence electrons. The van der Waals surface area contributed by atoms with Crippen LogP contribution in [0.4, 0.5) is 15.8 Å². The standard InChI is InChI=1S/C8H10FNO.C8H11N/c1-10-6-3-4-8(11-2)7(9)5-6;1-7-5-3-4-6-8(7)9-2/h3-5,10H,1-2H3;3-6,9H,1-2H3. The van der Waals surface area contributed by atoms with Crippen LogP contribution in [0.1, 0.15) is 5.56 Å². The molecule has 2 aromatic carbocycles. The summed E-state index contributed by atoms with van der Waals surface area (Å²) in [6.07, 6.45) is 0. The monoisotopic (exact) mass is 276 g/mol. The zero-order valence-electron chi connectivity index (χ0n) is 12.3. The molecule has 0 radical (unpaired) electrons. The molecule has 4 heteroatoms. The highest BCUT2D eigenvalue weighted by atomic mass is 19.1. The van der Waals surface area contributed by atoms with Gasteiger partial charge in [0.2, 0.25) is 0 Å². The summed E-state index contributed by atoms with van der Waals surface area (Å²) in [5, 5.41) is 5.92. The Hall–Kier alpha value is -2.23. The van der Waals surface area contributed by atoms with Gasteiger partial charge in [0.05, 0.1) is 7.11 Å². The van der Waals surface area contributed by atoms with Crippen molar-refractivity contribution >= 4 is 11.4 Å². The molecule has 0 spiro atoms. The molecule has 0 aliphatic carbocycles. The predicted molar refractivity (Wildman–Crippen MR) is 83.2 cm³/mol. The van der Waals surface area contributed by atoms with E-state index < -0.39 is 0 Å². The minimum atomic E-state index is -0.348. The van der Waals surface area contributed by atoms with E-state index in [4.69, 9.17) is 4.74 Å². The third-order valence-corrected chi connectivity index (χ3v) is 2.85. The fourth-order valence-corrected chi connectivity index (χ4v) is 1.68. The van der Waals surface area contributed by atoms with E-state index in [1.54, 1.807) is 19.2 Å². The van der Waals surface area contributed by atoms with Crippen molar-refractivity contribution in [2.45, 2.75) is 6.92 Å². The van der Waals surface area contributed by atoms with Gasteiger partial charge in [-0.2, -0.15) is 0 Å². The SMILES string of the molecule is CNc1ccc(OC)c(F)c1.CNc1ccccc1C. The Bertz CT molecular complexity index is 544. The van der Waals surface area contributed by atoms with Crippen molar-refractivity contribution in [3.8, 4) is 5.75 Å². The number of ether oxygens (including phenoxy) is 1. The van der Waals surface area contributed by atoms with Crippen molar-refractivity contribution in [1.82, 2.24) is 0 Å². The molecule has 20 heavy (non-hydrogen) atoms. The van der Waals surface area contributed by atoms with Crippen LogP contribution in [0.5, 0.6) is 5.75 Å². The smallest absolute Gasteiger partial charge is 0.167 e. The van der Waals surface area contributed by atoms with Crippen molar-refractivity contribution in [2.24, 2.45) is 0 Å². The van der Waals surface area contributed by atoms with Gasteiger partial charge in [-0.1, -0.05) is 18.2 Å². The molecule has 2 N–H and O–H groups in total. The maximum atomic E-state index is 12.9. The molecule has 0 saturated heterocycles. The summed E-state index contributed by atoms with van der Waals surface area (Å²) in [5.74, 6) is -0.0802. The summed E-state index contributed by atoms with van der Waals surface area (Å²) in [7, 11) is 5.11. The van der Waals surface area contributed by atoms with Crippen LogP contribution in [-0.2, 0) is 0 Å². The summed E-state index contributed by atoms with van der Waals surface area (Å²) >= 11 is 0. The first-order valence-electron chi connectivity index (χ1n) is 6.37. The first-order valence-corrected chi connectivity index (χ1v) is 6.37. The maximum Gasteiger partial charge on any atom is 0.167 e. The number of aryl methyl sites for hydroxylation is 1. The first kappa shape index (κ1) is 15.8. The van der Waals surface area contributed by atoms with Crippen LogP contribution in [0, 0.1) is 12.7 Å². The Morgan fingerprint density at radius 2 is 1.70 bits per heavy atom. The Morgan fingerprint density at radius 1 is 1.00 bits per heavy atom. The van der Waals surface area contributed by atoms with Gasteiger partial charge in [-0.15, -0.1) is 0 Å². The second-order valence-electron chi connectivity index (χ2n) is 4.16. The zero-order chi connectivity index (χ0) is 15.0. The van der Waals surface area contributed by atoms with Crippen molar-refractivity contribution in [1.29, 1.82) is 0 Å². The van der Waals surface area contributed by atoms with Crippen LogP contribution >= 0.6 is 0 Å². The quantitative estimate of drug-likeness (QED) is 0.891. The molecule has 2 aromatic rings. The van der Waals surface area contributed by atoms with Gasteiger partial charge in [-0.05, 0) is 30.7 Å². The second kappa shape index (κ2) is 8.04. The van der Waals surface area contributed by atoms with E-state index in [1.807, 2.05) is 19.2 Å². The average molecular weight is 276 g/mol. The molecule has 0 atom stereocenters. The molecule has 0 fully saturated rings. The Morgan fingerprint density at radius 3 is 2.15 bits per heavy atom. The number of para-hydroxylation sites is 1. The van der Waals surface area contributed by atoms with E-state index in [-0.39, 0.29) is 11.6 Å². The Kier molecular flexibility index (Phi) is 6.37. The predicted octanol–water partition coefficient (Wildman–Crippen LogP) is 3.91. The summed E-state index contributed by atoms with van der Waals surface area (Å²) in [4.78, 5) is 0. The minimum Gasteiger partial charge on any atom is -0.494 e. The molecule has 0 bridgehead atoms. The van der Waals surface area contributed by atoms with Gasteiger partial charge in [-0.3, -0.25) is 0 Å². The van der Waals surface area contributed by atoms with Crippen LogP contribution in [0.25, 0.3) is 0 Å². The van der Waals surface area contributed by atoms with Crippen LogP contribution in [0.3, 0.4) is 0 Å². The molecule has 0 aliphatic rings. The van der Waals surface area contributed by atoms with E-state index in [0.717, 1.165) is 5.69 Å². The van der Waals surface area contributed by atoms with Gasteiger partial charge in [0, 0.05) is 31.5 Å². The summed E-state index contributed by atoms with van der Waals surface area (Å²) < 4.78 is 17.6. The van der Waals surface area contributed by atoms with Crippen molar-refractivity contribution < 1.29 is 9.13 Å². The van der Waals surface area contributed by atoms with E-state index in [1.165, 1.54) is 24.4 Å². The largest absolute Gasteiger partial charge is 0.494 e. The van der Waals surface area contributed by atoms with Crippen LogP contribution in [0.2, 0.25) is 0 Å². The zero-order valence-corrected chi connectivity index (χ0v) is 12.3. The van der Waals surface area contributed by atoms with Gasteiger partial charge < -0.3 is 15.4 Å². The lowest BCUT2D eigenvalue weighted by Crippen LogP contribution is -1.91. The number of methoxy groups -OCH3 is 1. The van der Waals surface area contributed by atoms with Crippen molar-refractivity contribution in [3.05, 3.63) is 53.8 Å². The van der Waals surface area contributed by atoms with E-state index >= 15 is 0 Å². The van der Waals surface area contributed by atoms with Gasteiger partial charge in [-0.25, -0.2) is 4.39 Å². The van der Waals surface area contributed by atoms with Crippen molar-refractivity contribution in [2.75, 3.05) is 31.8 Å². The van der Waals surface area contributed by atoms with Gasteiger partial charge in [0.1, 0.15) is 0 Å². The van der Waals surface area contributed by atoms with Gasteiger partial charge in [0.15, 0.2) is 11.6 Å². The number of rotatable bonds is 3. The molecule has 0 amide bonds. The van der Waals surface area contributed by atoms with Crippen LogP contribution in [0.15, 0.2) is 42.5 Å². The Labute approximate surface area is 119 Å². The fourth-order valence-electron chi connectivity index (χ4n) is 1.68. The van der Waals surface area contributed by atoms with Crippen LogP contribution in [-0.4, -0.2) is 21.2 Å². The third kappa shape index (κ3) is 4.46. The maximum absolute atomic E-state index is 12.9. The molecule has 0 saturated carbocycles. The lowest BCUT2D eigenvalue weighted by Gasteiger charge is -2.03. The average Bonchev–Trinajstić information content (AvgIpc) is 2.48. The highest BCUT2D eigenvalue weighted by molar-refractivity contribution is 5.49. The molecular weight excluding hydrogens is 255 g/mol. The lowest BCUT2D eigenvalue weighted by molar-refractivity contribution is 0.386. The molecule has 0 aromatic heterocycles. The molecular formula is C16H21FN2O. The lowest BCUT2D eigenvalue weighted by atomic mass is 10.2. The number of benzene rings is 2. The molecule has 0 unspecified atom stereocenters. The van der Waals surface area contributed by atoms with Crippen LogP contribution < -0.4 is 15.4 Å². The third-order valence-electron chi connectivity index (χ3n) is 2.85. The van der Waals surface area contributed by atoms with Crippen molar-refractivity contribution in [3.63, 3.8) is 0 Å². The first-order chi connectivity index (χ1) is 9.62. The van der Waals surface area contributed by atoms with E-state index in [2.05, 4.69) is 29.7 Å². The second-order valence-corrected chi connectivity index (χ2v) is 4.16. The minimum absolute atomic E-state index is 0.268. The normalized spacial score (nSPS) is 9.25. The molecule has 3 nitrogen and oxygen atoms in total. The number of nitrogens with one attached hydrogen (secondary N) is 2. The summed E-state index contributed by atoms with van der Waals surface area (Å²) in [5.41, 5.74) is 3.24. The highest BCUT2D eigenvalue weighted by Gasteiger charge is 2.00. The van der Waals surface area contributed by atoms with E-state index in [9.17, 15) is 4.39 Å².